The van der Waals surface area contributed by atoms with Crippen molar-refractivity contribution < 1.29 is 10.3 Å². The molecular formula is C5H11Br3Ti. The third kappa shape index (κ3) is 10.2. The normalized spacial score (nSPS) is 12.0. The van der Waals surface area contributed by atoms with Crippen LogP contribution in [0.3, 0.4) is 0 Å². The number of halogens is 3. The Balaban J connectivity index is 3.07. The summed E-state index contributed by atoms with van der Waals surface area (Å²) in [5, 5.41) is 0. The van der Waals surface area contributed by atoms with Crippen molar-refractivity contribution in [3.05, 3.63) is 0 Å². The summed E-state index contributed by atoms with van der Waals surface area (Å²) in [5.41, 5.74) is 0. The van der Waals surface area contributed by atoms with Crippen molar-refractivity contribution in [2.45, 2.75) is 30.9 Å². The van der Waals surface area contributed by atoms with E-state index in [1.54, 1.807) is 0 Å². The van der Waals surface area contributed by atoms with Crippen molar-refractivity contribution in [3.8, 4) is 0 Å². The molecule has 0 aromatic carbocycles. The fourth-order valence-electron chi connectivity index (χ4n) is 0.575. The summed E-state index contributed by atoms with van der Waals surface area (Å²) < 4.78 is 1.31. The fraction of sp³-hybridized carbons (Fsp3) is 1.00. The topological polar surface area (TPSA) is 0 Å². The molecule has 0 heterocycles. The molecule has 0 fully saturated rings. The van der Waals surface area contributed by atoms with Crippen LogP contribution in [0.4, 0.5) is 0 Å². The van der Waals surface area contributed by atoms with Crippen molar-refractivity contribution in [2.24, 2.45) is 0 Å². The molecule has 0 nitrogen and oxygen atoms in total. The minimum atomic E-state index is -1.69. The molecular weight excluding hydrogens is 348 g/mol. The SMILES string of the molecule is CCCC[CH2][Ti]([Br])([Br])[Br]. The molecule has 0 aromatic heterocycles. The zero-order chi connectivity index (χ0) is 7.33. The van der Waals surface area contributed by atoms with Gasteiger partial charge in [0.2, 0.25) is 0 Å². The Morgan fingerprint density at radius 1 is 1.11 bits per heavy atom. The van der Waals surface area contributed by atoms with Gasteiger partial charge in [-0.15, -0.1) is 0 Å². The van der Waals surface area contributed by atoms with Crippen LogP contribution in [0.2, 0.25) is 4.73 Å². The van der Waals surface area contributed by atoms with Crippen molar-refractivity contribution in [1.29, 1.82) is 0 Å². The summed E-state index contributed by atoms with van der Waals surface area (Å²) in [6.07, 6.45) is 4.01. The van der Waals surface area contributed by atoms with Gasteiger partial charge >= 0.3 is 80.7 Å². The van der Waals surface area contributed by atoms with E-state index in [0.29, 0.717) is 0 Å². The van der Waals surface area contributed by atoms with Gasteiger partial charge in [0, 0.05) is 0 Å². The second-order valence-electron chi connectivity index (χ2n) is 2.07. The van der Waals surface area contributed by atoms with Gasteiger partial charge in [-0.3, -0.25) is 0 Å². The molecule has 0 radical (unpaired) electrons. The Morgan fingerprint density at radius 3 is 2.00 bits per heavy atom. The van der Waals surface area contributed by atoms with E-state index in [-0.39, 0.29) is 0 Å². The molecule has 0 N–H and O–H groups in total. The van der Waals surface area contributed by atoms with Gasteiger partial charge in [-0.1, -0.05) is 0 Å². The van der Waals surface area contributed by atoms with Crippen LogP contribution in [0.5, 0.6) is 0 Å². The van der Waals surface area contributed by atoms with E-state index in [9.17, 15) is 0 Å². The average Bonchev–Trinajstić information content (AvgIpc) is 1.63. The van der Waals surface area contributed by atoms with E-state index in [2.05, 4.69) is 46.4 Å². The van der Waals surface area contributed by atoms with Gasteiger partial charge < -0.3 is 0 Å². The first kappa shape index (κ1) is 11.2. The molecule has 0 aliphatic heterocycles. The van der Waals surface area contributed by atoms with E-state index in [4.69, 9.17) is 0 Å². The quantitative estimate of drug-likeness (QED) is 0.506. The molecule has 9 heavy (non-hydrogen) atoms. The maximum absolute atomic E-state index is 3.63. The zero-order valence-electron chi connectivity index (χ0n) is 5.46. The van der Waals surface area contributed by atoms with Gasteiger partial charge in [-0.05, 0) is 0 Å². The molecule has 0 aliphatic carbocycles. The van der Waals surface area contributed by atoms with Crippen LogP contribution in [-0.4, -0.2) is 0 Å². The molecule has 0 aromatic rings. The molecule has 56 valence electrons. The summed E-state index contributed by atoms with van der Waals surface area (Å²) in [7, 11) is -1.69. The Bertz CT molecular complexity index is 69.1. The van der Waals surface area contributed by atoms with Gasteiger partial charge in [0.15, 0.2) is 0 Å². The van der Waals surface area contributed by atoms with Crippen molar-refractivity contribution in [1.82, 2.24) is 0 Å². The molecule has 4 heteroatoms. The molecule has 0 unspecified atom stereocenters. The van der Waals surface area contributed by atoms with E-state index >= 15 is 0 Å². The number of hydrogen-bond acceptors (Lipinski definition) is 0. The minimum absolute atomic E-state index is 1.31. The van der Waals surface area contributed by atoms with Gasteiger partial charge in [-0.2, -0.15) is 0 Å². The van der Waals surface area contributed by atoms with Crippen LogP contribution < -0.4 is 0 Å². The van der Waals surface area contributed by atoms with Gasteiger partial charge in [-0.25, -0.2) is 0 Å². The second-order valence-corrected chi connectivity index (χ2v) is 34.7. The standard InChI is InChI=1S/C5H11.3BrH.Ti/c1-3-5-4-2;;;;/h1,3-5H2,2H3;3*1H;/q;;;;+3/p-3. The monoisotopic (exact) mass is 356 g/mol. The van der Waals surface area contributed by atoms with E-state index < -0.39 is 10.3 Å². The van der Waals surface area contributed by atoms with Crippen molar-refractivity contribution in [3.63, 3.8) is 0 Å². The van der Waals surface area contributed by atoms with Gasteiger partial charge in [0.05, 0.1) is 0 Å². The third-order valence-electron chi connectivity index (χ3n) is 1.06. The average molecular weight is 359 g/mol. The third-order valence-corrected chi connectivity index (χ3v) is 7.41. The van der Waals surface area contributed by atoms with Crippen LogP contribution >= 0.6 is 39.5 Å². The molecule has 0 amide bonds. The molecule has 0 atom stereocenters. The van der Waals surface area contributed by atoms with E-state index in [1.165, 1.54) is 24.0 Å². The first-order valence-corrected chi connectivity index (χ1v) is 15.8. The molecule has 0 spiro atoms. The molecule has 0 bridgehead atoms. The van der Waals surface area contributed by atoms with Crippen LogP contribution in [0, 0.1) is 0 Å². The van der Waals surface area contributed by atoms with Crippen LogP contribution in [-0.2, 0) is 10.3 Å². The Kier molecular flexibility index (Phi) is 7.14. The summed E-state index contributed by atoms with van der Waals surface area (Å²) in [4.78, 5) is 0. The number of hydrogen-bond donors (Lipinski definition) is 0. The second kappa shape index (κ2) is 5.76. The van der Waals surface area contributed by atoms with E-state index in [1.807, 2.05) is 0 Å². The van der Waals surface area contributed by atoms with Crippen LogP contribution in [0.25, 0.3) is 0 Å². The first-order valence-electron chi connectivity index (χ1n) is 3.13. The van der Waals surface area contributed by atoms with Gasteiger partial charge in [0.25, 0.3) is 0 Å². The predicted molar refractivity (Wildman–Crippen MR) is 51.1 cm³/mol. The number of unbranched alkanes of at least 4 members (excludes halogenated alkanes) is 2. The predicted octanol–water partition coefficient (Wildman–Crippen LogP) is 4.68. The molecule has 0 aliphatic rings. The van der Waals surface area contributed by atoms with Crippen LogP contribution in [0.1, 0.15) is 26.2 Å². The Morgan fingerprint density at radius 2 is 1.67 bits per heavy atom. The van der Waals surface area contributed by atoms with Crippen LogP contribution in [0.15, 0.2) is 0 Å². The Hall–Kier alpha value is 2.15. The molecule has 0 rings (SSSR count). The number of rotatable bonds is 4. The summed E-state index contributed by atoms with van der Waals surface area (Å²) >= 11 is 10.9. The Labute approximate surface area is 79.7 Å². The fourth-order valence-corrected chi connectivity index (χ4v) is 5.06. The summed E-state index contributed by atoms with van der Waals surface area (Å²) in [5.74, 6) is 0. The van der Waals surface area contributed by atoms with Crippen molar-refractivity contribution in [2.75, 3.05) is 0 Å². The molecule has 0 saturated heterocycles. The zero-order valence-corrected chi connectivity index (χ0v) is 11.8. The summed E-state index contributed by atoms with van der Waals surface area (Å²) in [6.45, 7) is 2.23. The van der Waals surface area contributed by atoms with Gasteiger partial charge in [0.1, 0.15) is 0 Å². The molecule has 0 saturated carbocycles. The summed E-state index contributed by atoms with van der Waals surface area (Å²) in [6, 6.07) is 0. The van der Waals surface area contributed by atoms with Crippen molar-refractivity contribution >= 4 is 39.5 Å². The first-order chi connectivity index (χ1) is 4.06. The maximum atomic E-state index is 3.63. The van der Waals surface area contributed by atoms with E-state index in [0.717, 1.165) is 0 Å².